The number of aliphatic hydroxyl groups is 1. The first kappa shape index (κ1) is 13.4. The molecule has 0 spiro atoms. The number of aliphatic hydroxyl groups excluding tert-OH is 1. The fourth-order valence-electron chi connectivity index (χ4n) is 2.04. The van der Waals surface area contributed by atoms with Crippen LogP contribution in [0.25, 0.3) is 0 Å². The van der Waals surface area contributed by atoms with Crippen LogP contribution in [0.3, 0.4) is 0 Å². The van der Waals surface area contributed by atoms with E-state index in [9.17, 15) is 13.2 Å². The molecule has 1 unspecified atom stereocenters. The Kier molecular flexibility index (Phi) is 3.98. The third-order valence-electron chi connectivity index (χ3n) is 2.90. The molecule has 0 bridgehead atoms. The Morgan fingerprint density at radius 2 is 2.39 bits per heavy atom. The van der Waals surface area contributed by atoms with E-state index in [0.29, 0.717) is 12.1 Å². The lowest BCUT2D eigenvalue weighted by Gasteiger charge is -2.26. The van der Waals surface area contributed by atoms with Gasteiger partial charge in [-0.15, -0.1) is 11.3 Å². The SMILES string of the molecule is O=C(c1cscn1)N(CCO)C1CCS(=O)(=O)C1. The molecular weight excluding hydrogens is 276 g/mol. The summed E-state index contributed by atoms with van der Waals surface area (Å²) in [5.74, 6) is -0.236. The molecule has 6 nitrogen and oxygen atoms in total. The molecule has 100 valence electrons. The second kappa shape index (κ2) is 5.33. The van der Waals surface area contributed by atoms with Crippen LogP contribution in [0.1, 0.15) is 16.9 Å². The van der Waals surface area contributed by atoms with Crippen molar-refractivity contribution in [2.75, 3.05) is 24.7 Å². The molecule has 0 aromatic carbocycles. The molecule has 0 saturated carbocycles. The maximum absolute atomic E-state index is 12.2. The van der Waals surface area contributed by atoms with Crippen LogP contribution in [0.2, 0.25) is 0 Å². The lowest BCUT2D eigenvalue weighted by atomic mass is 10.2. The van der Waals surface area contributed by atoms with Crippen molar-refractivity contribution in [2.24, 2.45) is 0 Å². The summed E-state index contributed by atoms with van der Waals surface area (Å²) in [5.41, 5.74) is 1.85. The topological polar surface area (TPSA) is 87.6 Å². The minimum Gasteiger partial charge on any atom is -0.395 e. The van der Waals surface area contributed by atoms with Gasteiger partial charge in [-0.3, -0.25) is 4.79 Å². The zero-order valence-electron chi connectivity index (χ0n) is 9.65. The van der Waals surface area contributed by atoms with Crippen LogP contribution in [-0.2, 0) is 9.84 Å². The van der Waals surface area contributed by atoms with Crippen molar-refractivity contribution in [2.45, 2.75) is 12.5 Å². The summed E-state index contributed by atoms with van der Waals surface area (Å²) in [6.07, 6.45) is 0.429. The third-order valence-corrected chi connectivity index (χ3v) is 5.24. The normalized spacial score (nSPS) is 21.9. The number of nitrogens with zero attached hydrogens (tertiary/aromatic N) is 2. The monoisotopic (exact) mass is 290 g/mol. The molecule has 1 aromatic rings. The number of sulfone groups is 1. The number of aromatic nitrogens is 1. The van der Waals surface area contributed by atoms with Gasteiger partial charge in [-0.05, 0) is 6.42 Å². The van der Waals surface area contributed by atoms with Crippen molar-refractivity contribution in [3.63, 3.8) is 0 Å². The number of hydrogen-bond donors (Lipinski definition) is 1. The first-order chi connectivity index (χ1) is 8.53. The molecule has 1 aliphatic rings. The molecule has 2 rings (SSSR count). The van der Waals surface area contributed by atoms with Gasteiger partial charge < -0.3 is 10.0 Å². The van der Waals surface area contributed by atoms with Crippen LogP contribution in [0.15, 0.2) is 10.9 Å². The molecule has 2 heterocycles. The van der Waals surface area contributed by atoms with Crippen LogP contribution >= 0.6 is 11.3 Å². The standard InChI is InChI=1S/C10H14N2O4S2/c13-3-2-12(8-1-4-18(15,16)6-8)10(14)9-5-17-7-11-9/h5,7-8,13H,1-4,6H2. The minimum absolute atomic E-state index is 0.0249. The van der Waals surface area contributed by atoms with Gasteiger partial charge in [-0.1, -0.05) is 0 Å². The molecule has 1 aliphatic heterocycles. The first-order valence-corrected chi connectivity index (χ1v) is 8.30. The average molecular weight is 290 g/mol. The summed E-state index contributed by atoms with van der Waals surface area (Å²) < 4.78 is 22.9. The van der Waals surface area contributed by atoms with Crippen molar-refractivity contribution < 1.29 is 18.3 Å². The molecule has 1 saturated heterocycles. The second-order valence-electron chi connectivity index (χ2n) is 4.15. The van der Waals surface area contributed by atoms with E-state index in [4.69, 9.17) is 5.11 Å². The van der Waals surface area contributed by atoms with E-state index < -0.39 is 9.84 Å². The fraction of sp³-hybridized carbons (Fsp3) is 0.600. The molecule has 18 heavy (non-hydrogen) atoms. The highest BCUT2D eigenvalue weighted by Gasteiger charge is 2.35. The molecule has 1 aromatic heterocycles. The summed E-state index contributed by atoms with van der Waals surface area (Å²) in [6.45, 7) is -0.0526. The van der Waals surface area contributed by atoms with Crippen LogP contribution < -0.4 is 0 Å². The van der Waals surface area contributed by atoms with E-state index in [1.807, 2.05) is 0 Å². The Bertz CT molecular complexity index is 512. The Hall–Kier alpha value is -0.990. The molecule has 1 fully saturated rings. The maximum Gasteiger partial charge on any atom is 0.273 e. The number of amides is 1. The van der Waals surface area contributed by atoms with Crippen LogP contribution in [0.4, 0.5) is 0 Å². The van der Waals surface area contributed by atoms with Crippen molar-refractivity contribution in [1.82, 2.24) is 9.88 Å². The number of hydrogen-bond acceptors (Lipinski definition) is 6. The summed E-state index contributed by atoms with van der Waals surface area (Å²) >= 11 is 1.31. The quantitative estimate of drug-likeness (QED) is 0.827. The predicted octanol–water partition coefficient (Wildman–Crippen LogP) is -0.235. The summed E-state index contributed by atoms with van der Waals surface area (Å²) in [6, 6.07) is -0.351. The fourth-order valence-corrected chi connectivity index (χ4v) is 4.30. The van der Waals surface area contributed by atoms with Crippen LogP contribution in [0.5, 0.6) is 0 Å². The predicted molar refractivity (Wildman–Crippen MR) is 67.3 cm³/mol. The second-order valence-corrected chi connectivity index (χ2v) is 7.10. The Morgan fingerprint density at radius 3 is 2.89 bits per heavy atom. The average Bonchev–Trinajstić information content (AvgIpc) is 2.94. The minimum atomic E-state index is -3.05. The molecular formula is C10H14N2O4S2. The first-order valence-electron chi connectivity index (χ1n) is 5.54. The lowest BCUT2D eigenvalue weighted by Crippen LogP contribution is -2.43. The summed E-state index contributed by atoms with van der Waals surface area (Å²) in [5, 5.41) is 10.6. The Labute approximate surface area is 109 Å². The van der Waals surface area contributed by atoms with Gasteiger partial charge in [0.1, 0.15) is 5.69 Å². The Balaban J connectivity index is 2.16. The zero-order chi connectivity index (χ0) is 13.2. The molecule has 1 amide bonds. The van der Waals surface area contributed by atoms with E-state index in [-0.39, 0.29) is 36.6 Å². The highest BCUT2D eigenvalue weighted by molar-refractivity contribution is 7.91. The van der Waals surface area contributed by atoms with Gasteiger partial charge in [-0.25, -0.2) is 13.4 Å². The highest BCUT2D eigenvalue weighted by atomic mass is 32.2. The lowest BCUT2D eigenvalue weighted by molar-refractivity contribution is 0.0650. The van der Waals surface area contributed by atoms with Crippen LogP contribution in [0, 0.1) is 0 Å². The van der Waals surface area contributed by atoms with Gasteiger partial charge in [0.15, 0.2) is 9.84 Å². The number of carbonyl (C=O) groups excluding carboxylic acids is 1. The third kappa shape index (κ3) is 2.88. The van der Waals surface area contributed by atoms with Crippen LogP contribution in [-0.4, -0.2) is 60.0 Å². The largest absolute Gasteiger partial charge is 0.395 e. The van der Waals surface area contributed by atoms with Gasteiger partial charge in [0.05, 0.1) is 23.6 Å². The van der Waals surface area contributed by atoms with Gasteiger partial charge in [0.2, 0.25) is 0 Å². The molecule has 0 aliphatic carbocycles. The molecule has 0 radical (unpaired) electrons. The molecule has 1 N–H and O–H groups in total. The highest BCUT2D eigenvalue weighted by Crippen LogP contribution is 2.19. The van der Waals surface area contributed by atoms with Gasteiger partial charge in [-0.2, -0.15) is 0 Å². The van der Waals surface area contributed by atoms with E-state index >= 15 is 0 Å². The van der Waals surface area contributed by atoms with Gasteiger partial charge in [0.25, 0.3) is 5.91 Å². The van der Waals surface area contributed by atoms with E-state index in [1.54, 1.807) is 10.9 Å². The number of rotatable bonds is 4. The summed E-state index contributed by atoms with van der Waals surface area (Å²) in [7, 11) is -3.05. The Morgan fingerprint density at radius 1 is 1.61 bits per heavy atom. The molecule has 1 atom stereocenters. The smallest absolute Gasteiger partial charge is 0.273 e. The number of carbonyl (C=O) groups is 1. The summed E-state index contributed by atoms with van der Waals surface area (Å²) in [4.78, 5) is 17.5. The molecule has 8 heteroatoms. The van der Waals surface area contributed by atoms with E-state index in [2.05, 4.69) is 4.98 Å². The number of thiazole rings is 1. The van der Waals surface area contributed by atoms with Gasteiger partial charge >= 0.3 is 0 Å². The van der Waals surface area contributed by atoms with Crippen molar-refractivity contribution in [1.29, 1.82) is 0 Å². The zero-order valence-corrected chi connectivity index (χ0v) is 11.3. The van der Waals surface area contributed by atoms with Crippen molar-refractivity contribution in [3.05, 3.63) is 16.6 Å². The van der Waals surface area contributed by atoms with Gasteiger partial charge in [0, 0.05) is 18.0 Å². The van der Waals surface area contributed by atoms with E-state index in [1.165, 1.54) is 16.2 Å². The van der Waals surface area contributed by atoms with Crippen molar-refractivity contribution in [3.8, 4) is 0 Å². The van der Waals surface area contributed by atoms with Crippen molar-refractivity contribution >= 4 is 27.1 Å². The maximum atomic E-state index is 12.2. The van der Waals surface area contributed by atoms with E-state index in [0.717, 1.165) is 0 Å².